The van der Waals surface area contributed by atoms with Gasteiger partial charge in [-0.15, -0.1) is 0 Å². The molecule has 0 spiro atoms. The van der Waals surface area contributed by atoms with Crippen molar-refractivity contribution in [3.05, 3.63) is 61.8 Å². The molecule has 1 unspecified atom stereocenters. The van der Waals surface area contributed by atoms with Gasteiger partial charge in [-0.25, -0.2) is 0 Å². The molecule has 5 nitrogen and oxygen atoms in total. The lowest BCUT2D eigenvalue weighted by Crippen LogP contribution is -2.17. The summed E-state index contributed by atoms with van der Waals surface area (Å²) in [6.45, 7) is 2.34. The summed E-state index contributed by atoms with van der Waals surface area (Å²) in [4.78, 5) is 9.94. The zero-order chi connectivity index (χ0) is 14.7. The van der Waals surface area contributed by atoms with Crippen molar-refractivity contribution in [3.63, 3.8) is 0 Å². The summed E-state index contributed by atoms with van der Waals surface area (Å²) in [6, 6.07) is 8.31. The average Bonchev–Trinajstić information content (AvgIpc) is 2.88. The van der Waals surface area contributed by atoms with Crippen molar-refractivity contribution < 1.29 is 9.34 Å². The monoisotopic (exact) mass is 314 g/mol. The number of hydrogen-bond donors (Lipinski definition) is 1. The Balaban J connectivity index is 1.98. The SMILES string of the molecule is CC(NCc1ccc([N+](=O)[O-])o1)c1ccc(Cl)c(Cl)c1. The van der Waals surface area contributed by atoms with Gasteiger partial charge < -0.3 is 9.73 Å². The van der Waals surface area contributed by atoms with Crippen molar-refractivity contribution >= 4 is 29.1 Å². The molecule has 0 saturated carbocycles. The van der Waals surface area contributed by atoms with Gasteiger partial charge in [0, 0.05) is 6.04 Å². The van der Waals surface area contributed by atoms with Crippen LogP contribution < -0.4 is 5.32 Å². The summed E-state index contributed by atoms with van der Waals surface area (Å²) in [6.07, 6.45) is 0. The Bertz CT molecular complexity index is 628. The molecule has 0 fully saturated rings. The zero-order valence-corrected chi connectivity index (χ0v) is 12.1. The Morgan fingerprint density at radius 1 is 1.30 bits per heavy atom. The fraction of sp³-hybridized carbons (Fsp3) is 0.231. The minimum absolute atomic E-state index is 0.00826. The van der Waals surface area contributed by atoms with Gasteiger partial charge in [0.25, 0.3) is 0 Å². The van der Waals surface area contributed by atoms with Gasteiger partial charge in [-0.1, -0.05) is 29.3 Å². The Kier molecular flexibility index (Phi) is 4.65. The van der Waals surface area contributed by atoms with Crippen LogP contribution in [0.25, 0.3) is 0 Å². The van der Waals surface area contributed by atoms with Crippen molar-refractivity contribution in [2.75, 3.05) is 0 Å². The molecule has 0 aliphatic heterocycles. The topological polar surface area (TPSA) is 68.3 Å². The van der Waals surface area contributed by atoms with Gasteiger partial charge in [0.1, 0.15) is 10.7 Å². The van der Waals surface area contributed by atoms with Crippen molar-refractivity contribution in [3.8, 4) is 0 Å². The lowest BCUT2D eigenvalue weighted by Gasteiger charge is -2.13. The minimum Gasteiger partial charge on any atom is -0.404 e. The van der Waals surface area contributed by atoms with Crippen LogP contribution in [0.4, 0.5) is 5.88 Å². The van der Waals surface area contributed by atoms with E-state index in [4.69, 9.17) is 27.6 Å². The molecule has 0 saturated heterocycles. The lowest BCUT2D eigenvalue weighted by atomic mass is 10.1. The second-order valence-electron chi connectivity index (χ2n) is 4.27. The van der Waals surface area contributed by atoms with Crippen LogP contribution in [0.5, 0.6) is 0 Å². The minimum atomic E-state index is -0.564. The number of furan rings is 1. The van der Waals surface area contributed by atoms with Crippen molar-refractivity contribution in [1.29, 1.82) is 0 Å². The molecule has 7 heteroatoms. The predicted molar refractivity (Wildman–Crippen MR) is 77.1 cm³/mol. The third-order valence-corrected chi connectivity index (χ3v) is 3.59. The number of rotatable bonds is 5. The first kappa shape index (κ1) is 14.8. The zero-order valence-electron chi connectivity index (χ0n) is 10.6. The lowest BCUT2D eigenvalue weighted by molar-refractivity contribution is -0.402. The summed E-state index contributed by atoms with van der Waals surface area (Å²) in [5.41, 5.74) is 0.973. The molecule has 2 rings (SSSR count). The van der Waals surface area contributed by atoms with E-state index in [1.165, 1.54) is 6.07 Å². The highest BCUT2D eigenvalue weighted by Crippen LogP contribution is 2.25. The van der Waals surface area contributed by atoms with Gasteiger partial charge in [0.15, 0.2) is 0 Å². The van der Waals surface area contributed by atoms with E-state index >= 15 is 0 Å². The fourth-order valence-electron chi connectivity index (χ4n) is 1.71. The van der Waals surface area contributed by atoms with Crippen molar-refractivity contribution in [2.24, 2.45) is 0 Å². The molecule has 20 heavy (non-hydrogen) atoms. The smallest absolute Gasteiger partial charge is 0.404 e. The van der Waals surface area contributed by atoms with Crippen LogP contribution in [-0.2, 0) is 6.54 Å². The van der Waals surface area contributed by atoms with E-state index in [0.29, 0.717) is 22.4 Å². The molecule has 0 radical (unpaired) electrons. The third-order valence-electron chi connectivity index (χ3n) is 2.85. The van der Waals surface area contributed by atoms with Crippen LogP contribution in [0.2, 0.25) is 10.0 Å². The van der Waals surface area contributed by atoms with Crippen LogP contribution in [0.1, 0.15) is 24.3 Å². The van der Waals surface area contributed by atoms with Gasteiger partial charge in [-0.3, -0.25) is 10.1 Å². The van der Waals surface area contributed by atoms with E-state index in [1.807, 2.05) is 13.0 Å². The third kappa shape index (κ3) is 3.50. The van der Waals surface area contributed by atoms with Gasteiger partial charge >= 0.3 is 5.88 Å². The molecule has 106 valence electrons. The summed E-state index contributed by atoms with van der Waals surface area (Å²) in [5.74, 6) is 0.243. The number of nitro groups is 1. The van der Waals surface area contributed by atoms with Gasteiger partial charge in [-0.2, -0.15) is 0 Å². The van der Waals surface area contributed by atoms with E-state index in [9.17, 15) is 10.1 Å². The number of benzene rings is 1. The summed E-state index contributed by atoms with van der Waals surface area (Å²) >= 11 is 11.8. The number of nitrogens with zero attached hydrogens (tertiary/aromatic N) is 1. The van der Waals surface area contributed by atoms with Crippen molar-refractivity contribution in [2.45, 2.75) is 19.5 Å². The molecule has 2 aromatic rings. The molecule has 1 atom stereocenters. The van der Waals surface area contributed by atoms with E-state index in [2.05, 4.69) is 5.32 Å². The Morgan fingerprint density at radius 2 is 2.05 bits per heavy atom. The second-order valence-corrected chi connectivity index (χ2v) is 5.09. The Morgan fingerprint density at radius 3 is 2.65 bits per heavy atom. The maximum absolute atomic E-state index is 10.5. The average molecular weight is 315 g/mol. The van der Waals surface area contributed by atoms with E-state index in [-0.39, 0.29) is 11.9 Å². The van der Waals surface area contributed by atoms with Crippen LogP contribution >= 0.6 is 23.2 Å². The number of hydrogen-bond acceptors (Lipinski definition) is 4. The van der Waals surface area contributed by atoms with E-state index < -0.39 is 4.92 Å². The summed E-state index contributed by atoms with van der Waals surface area (Å²) in [5, 5.41) is 14.7. The molecular weight excluding hydrogens is 303 g/mol. The maximum atomic E-state index is 10.5. The van der Waals surface area contributed by atoms with E-state index in [1.54, 1.807) is 18.2 Å². The van der Waals surface area contributed by atoms with Gasteiger partial charge in [0.05, 0.1) is 22.7 Å². The first-order chi connectivity index (χ1) is 9.47. The normalized spacial score (nSPS) is 12.3. The largest absolute Gasteiger partial charge is 0.433 e. The number of halogens is 2. The highest BCUT2D eigenvalue weighted by atomic mass is 35.5. The molecule has 1 aromatic heterocycles. The summed E-state index contributed by atoms with van der Waals surface area (Å²) < 4.78 is 5.07. The van der Waals surface area contributed by atoms with Gasteiger partial charge in [-0.05, 0) is 30.7 Å². The summed E-state index contributed by atoms with van der Waals surface area (Å²) in [7, 11) is 0. The second kappa shape index (κ2) is 6.26. The molecule has 1 aromatic carbocycles. The highest BCUT2D eigenvalue weighted by Gasteiger charge is 2.13. The molecule has 0 amide bonds. The molecule has 0 bridgehead atoms. The van der Waals surface area contributed by atoms with Crippen molar-refractivity contribution in [1.82, 2.24) is 5.32 Å². The van der Waals surface area contributed by atoms with E-state index in [0.717, 1.165) is 5.56 Å². The molecule has 0 aliphatic carbocycles. The number of nitrogens with one attached hydrogen (secondary N) is 1. The molecule has 1 N–H and O–H groups in total. The standard InChI is InChI=1S/C13H12Cl2N2O3/c1-8(9-2-4-11(14)12(15)6-9)16-7-10-3-5-13(20-10)17(18)19/h2-6,8,16H,7H2,1H3. The van der Waals surface area contributed by atoms with Crippen LogP contribution in [0.15, 0.2) is 34.7 Å². The first-order valence-electron chi connectivity index (χ1n) is 5.89. The Hall–Kier alpha value is -1.56. The van der Waals surface area contributed by atoms with Crippen LogP contribution in [-0.4, -0.2) is 4.92 Å². The van der Waals surface area contributed by atoms with Crippen LogP contribution in [0, 0.1) is 10.1 Å². The Labute approximate surface area is 125 Å². The fourth-order valence-corrected chi connectivity index (χ4v) is 2.02. The molecule has 0 aliphatic rings. The van der Waals surface area contributed by atoms with Gasteiger partial charge in [0.2, 0.25) is 0 Å². The quantitative estimate of drug-likeness (QED) is 0.658. The first-order valence-corrected chi connectivity index (χ1v) is 6.64. The molecular formula is C13H12Cl2N2O3. The molecule has 1 heterocycles. The predicted octanol–water partition coefficient (Wildman–Crippen LogP) is 4.35. The van der Waals surface area contributed by atoms with Crippen LogP contribution in [0.3, 0.4) is 0 Å². The highest BCUT2D eigenvalue weighted by molar-refractivity contribution is 6.42. The maximum Gasteiger partial charge on any atom is 0.433 e.